The molecule has 0 bridgehead atoms. The Bertz CT molecular complexity index is 2750. The van der Waals surface area contributed by atoms with Crippen molar-refractivity contribution < 1.29 is 75.3 Å². The summed E-state index contributed by atoms with van der Waals surface area (Å²) in [5, 5.41) is 4.85. The fourth-order valence-corrected chi connectivity index (χ4v) is 10.6. The van der Waals surface area contributed by atoms with Crippen molar-refractivity contribution >= 4 is 103 Å². The topological polar surface area (TPSA) is 300 Å². The van der Waals surface area contributed by atoms with Crippen LogP contribution in [-0.4, -0.2) is 140 Å². The van der Waals surface area contributed by atoms with Gasteiger partial charge >= 0.3 is 30.0 Å². The lowest BCUT2D eigenvalue weighted by atomic mass is 9.99. The second-order valence-corrected chi connectivity index (χ2v) is 21.9. The molecule has 1 aliphatic rings. The molecule has 4 rings (SSSR count). The molecular weight excluding hydrogens is 1090 g/mol. The Morgan fingerprint density at radius 1 is 0.838 bits per heavy atom. The highest BCUT2D eigenvalue weighted by Gasteiger charge is 2.43. The van der Waals surface area contributed by atoms with Gasteiger partial charge in [-0.15, -0.1) is 0 Å². The first-order valence-electron chi connectivity index (χ1n) is 26.3. The van der Waals surface area contributed by atoms with Crippen molar-refractivity contribution in [3.63, 3.8) is 0 Å². The van der Waals surface area contributed by atoms with Gasteiger partial charge < -0.3 is 24.4 Å². The first-order valence-corrected chi connectivity index (χ1v) is 28.8. The number of ether oxygens (including phenoxy) is 3. The number of esters is 3. The van der Waals surface area contributed by atoms with E-state index >= 15 is 0 Å². The van der Waals surface area contributed by atoms with Gasteiger partial charge in [0.05, 0.1) is 51.5 Å². The maximum absolute atomic E-state index is 13.9. The normalized spacial score (nSPS) is 14.9. The number of aromatic nitrogens is 4. The molecule has 4 atom stereocenters. The largest absolute Gasteiger partial charge is 0.471 e. The Labute approximate surface area is 468 Å². The third-order valence-electron chi connectivity index (χ3n) is 12.9. The van der Waals surface area contributed by atoms with Crippen LogP contribution in [0.25, 0.3) is 11.2 Å². The summed E-state index contributed by atoms with van der Waals surface area (Å²) >= 11 is 0. The number of benzene rings is 1. The van der Waals surface area contributed by atoms with Gasteiger partial charge in [0.15, 0.2) is 11.2 Å². The fraction of sp³-hybridized carbons (Fsp3) is 0.585. The van der Waals surface area contributed by atoms with Crippen LogP contribution in [0.1, 0.15) is 140 Å². The molecule has 0 aliphatic carbocycles. The number of likely N-dealkylation sites (tertiary alicyclic amines) is 1. The number of carbonyl (C=O) groups is 10. The van der Waals surface area contributed by atoms with Crippen molar-refractivity contribution in [3.05, 3.63) is 52.1 Å². The lowest BCUT2D eigenvalue weighted by Crippen LogP contribution is -2.42. The minimum absolute atomic E-state index is 0.00295. The number of carbonyl (C=O) groups excluding carboxylic acids is 10. The van der Waals surface area contributed by atoms with Gasteiger partial charge in [-0.25, -0.2) is 14.8 Å². The van der Waals surface area contributed by atoms with Crippen molar-refractivity contribution in [3.8, 4) is 0 Å². The van der Waals surface area contributed by atoms with E-state index in [0.717, 1.165) is 56.8 Å². The Kier molecular flexibility index (Phi) is 26.7. The van der Waals surface area contributed by atoms with Crippen LogP contribution in [0, 0.1) is 11.8 Å². The Hall–Kier alpha value is -6.77. The number of hydrogen-bond donors (Lipinski definition) is 3. The minimum atomic E-state index is -5.37. The minimum Gasteiger partial charge on any atom is -0.469 e. The number of H-pyrrole nitrogens is 1. The van der Waals surface area contributed by atoms with Gasteiger partial charge in [-0.3, -0.25) is 63.1 Å². The van der Waals surface area contributed by atoms with Crippen molar-refractivity contribution in [2.24, 2.45) is 11.8 Å². The van der Waals surface area contributed by atoms with E-state index in [0.29, 0.717) is 62.1 Å². The zero-order valence-corrected chi connectivity index (χ0v) is 47.2. The smallest absolute Gasteiger partial charge is 0.469 e. The number of alkyl halides is 3. The number of anilines is 2. The molecule has 3 heterocycles. The SMILES string of the molecule is CCC(=O)CCC(=O)O[C@@H]1C[C@@H](CC)N(C(=O)CCCCCCC(=O)CCSSC[C@@H](CC(=O)CC[C@H](NC(=O)c2ccc(N(Cc3cnc4nc(NC(=O)C(C)C)[nH]c(=O)c4n3)C(=O)C(F)(F)F)cc2)C(=O)OC)C(=O)OC)C1. The van der Waals surface area contributed by atoms with Gasteiger partial charge in [0.1, 0.15) is 29.5 Å². The number of amides is 4. The fourth-order valence-electron chi connectivity index (χ4n) is 8.31. The Morgan fingerprint density at radius 3 is 2.16 bits per heavy atom. The van der Waals surface area contributed by atoms with E-state index in [2.05, 4.69) is 30.6 Å². The predicted molar refractivity (Wildman–Crippen MR) is 290 cm³/mol. The van der Waals surface area contributed by atoms with Crippen LogP contribution < -0.4 is 21.1 Å². The van der Waals surface area contributed by atoms with E-state index in [9.17, 15) is 65.9 Å². The van der Waals surface area contributed by atoms with Crippen molar-refractivity contribution in [2.45, 2.75) is 155 Å². The van der Waals surface area contributed by atoms with E-state index < -0.39 is 77.6 Å². The summed E-state index contributed by atoms with van der Waals surface area (Å²) in [7, 11) is 4.89. The van der Waals surface area contributed by atoms with E-state index in [1.165, 1.54) is 28.7 Å². The average molecular weight is 1160 g/mol. The molecule has 1 fully saturated rings. The number of halogens is 3. The average Bonchev–Trinajstić information content (AvgIpc) is 3.92. The third-order valence-corrected chi connectivity index (χ3v) is 15.4. The molecule has 0 saturated carbocycles. The molecule has 438 valence electrons. The maximum Gasteiger partial charge on any atom is 0.471 e. The molecule has 22 nitrogen and oxygen atoms in total. The van der Waals surface area contributed by atoms with E-state index in [-0.39, 0.29) is 102 Å². The van der Waals surface area contributed by atoms with Gasteiger partial charge in [-0.2, -0.15) is 18.2 Å². The second-order valence-electron chi connectivity index (χ2n) is 19.2. The molecule has 3 N–H and O–H groups in total. The quantitative estimate of drug-likeness (QED) is 0.0251. The summed E-state index contributed by atoms with van der Waals surface area (Å²) in [6, 6.07) is 2.88. The number of aromatic amines is 1. The third kappa shape index (κ3) is 21.0. The van der Waals surface area contributed by atoms with Gasteiger partial charge in [-0.1, -0.05) is 62.1 Å². The van der Waals surface area contributed by atoms with Crippen LogP contribution in [0.5, 0.6) is 0 Å². The summed E-state index contributed by atoms with van der Waals surface area (Å²) < 4.78 is 56.9. The molecule has 2 aromatic heterocycles. The lowest BCUT2D eigenvalue weighted by Gasteiger charge is -2.24. The number of nitrogens with zero attached hydrogens (tertiary/aromatic N) is 5. The first kappa shape index (κ1) is 65.7. The summed E-state index contributed by atoms with van der Waals surface area (Å²) in [5.74, 6) is -6.91. The molecule has 0 unspecified atom stereocenters. The number of rotatable bonds is 33. The predicted octanol–water partition coefficient (Wildman–Crippen LogP) is 6.57. The number of Topliss-reactive ketones (excluding diaryl/α,β-unsaturated/α-hetero) is 3. The van der Waals surface area contributed by atoms with Crippen molar-refractivity contribution in [2.75, 3.05) is 42.5 Å². The number of hydrogen-bond acceptors (Lipinski definition) is 19. The lowest BCUT2D eigenvalue weighted by molar-refractivity contribution is -0.170. The zero-order valence-electron chi connectivity index (χ0n) is 45.6. The summed E-state index contributed by atoms with van der Waals surface area (Å²) in [6.45, 7) is 6.45. The number of nitrogens with one attached hydrogen (secondary N) is 3. The second kappa shape index (κ2) is 32.5. The summed E-state index contributed by atoms with van der Waals surface area (Å²) in [5.41, 5.74) is -2.22. The zero-order chi connectivity index (χ0) is 59.1. The van der Waals surface area contributed by atoms with Crippen molar-refractivity contribution in [1.82, 2.24) is 30.2 Å². The van der Waals surface area contributed by atoms with E-state index in [4.69, 9.17) is 14.2 Å². The molecule has 0 spiro atoms. The van der Waals surface area contributed by atoms with E-state index in [1.54, 1.807) is 25.7 Å². The van der Waals surface area contributed by atoms with Gasteiger partial charge in [0.25, 0.3) is 11.5 Å². The molecule has 1 aliphatic heterocycles. The Balaban J connectivity index is 1.20. The van der Waals surface area contributed by atoms with Crippen LogP contribution in [0.15, 0.2) is 35.3 Å². The first-order chi connectivity index (χ1) is 38.0. The van der Waals surface area contributed by atoms with Crippen LogP contribution in [0.4, 0.5) is 24.8 Å². The molecule has 0 radical (unpaired) electrons. The highest BCUT2D eigenvalue weighted by atomic mass is 33.1. The van der Waals surface area contributed by atoms with Gasteiger partial charge in [0.2, 0.25) is 17.8 Å². The number of fused-ring (bicyclic) bond motifs is 1. The Morgan fingerprint density at radius 2 is 1.52 bits per heavy atom. The highest BCUT2D eigenvalue weighted by molar-refractivity contribution is 8.76. The highest BCUT2D eigenvalue weighted by Crippen LogP contribution is 2.29. The molecule has 3 aromatic rings. The van der Waals surface area contributed by atoms with Crippen LogP contribution in [0.3, 0.4) is 0 Å². The molecule has 80 heavy (non-hydrogen) atoms. The molecule has 1 aromatic carbocycles. The molecule has 1 saturated heterocycles. The standard InChI is InChI=1S/C53H69F3N8O14S2/c1-7-35-26-40(78-43(69)22-20-37(65)8-2)29-63(35)42(68)14-12-10-9-11-13-38(66)23-24-79-80-30-33(49(73)76-5)25-39(67)19-21-41(50(74)77-6)59-47(71)32-15-17-36(18-16-32)64(51(75)53(54,55)56)28-34-27-57-45-44(58-34)48(72)62-52(60-45)61-46(70)31(3)4/h15-18,27,31,33,35,40-41H,7-14,19-26,28-30H2,1-6H3,(H,59,71)(H2,57,60,61,62,70,72)/t33-,35-,40-,41+/m1/s1. The number of unbranched alkanes of at least 4 members (excludes halogenated alkanes) is 3. The van der Waals surface area contributed by atoms with Crippen LogP contribution in [0.2, 0.25) is 0 Å². The monoisotopic (exact) mass is 1160 g/mol. The van der Waals surface area contributed by atoms with Gasteiger partial charge in [0, 0.05) is 86.1 Å². The molecule has 27 heteroatoms. The maximum atomic E-state index is 13.9. The van der Waals surface area contributed by atoms with E-state index in [1.807, 2.05) is 6.92 Å². The number of ketones is 3. The van der Waals surface area contributed by atoms with Crippen LogP contribution >= 0.6 is 21.6 Å². The number of methoxy groups -OCH3 is 2. The molecule has 4 amide bonds. The summed E-state index contributed by atoms with van der Waals surface area (Å²) in [4.78, 5) is 155. The van der Waals surface area contributed by atoms with Crippen molar-refractivity contribution in [1.29, 1.82) is 0 Å². The molecular formula is C53H69F3N8O14S2. The summed E-state index contributed by atoms with van der Waals surface area (Å²) in [6.07, 6.45) is 0.221. The van der Waals surface area contributed by atoms with Gasteiger partial charge in [-0.05, 0) is 49.9 Å². The van der Waals surface area contributed by atoms with Crippen LogP contribution in [-0.2, 0) is 63.9 Å².